The summed E-state index contributed by atoms with van der Waals surface area (Å²) in [7, 11) is 3.29. The molecule has 0 aliphatic heterocycles. The number of rotatable bonds is 4. The summed E-state index contributed by atoms with van der Waals surface area (Å²) in [5.74, 6) is 0.495. The molecule has 0 spiro atoms. The Morgan fingerprint density at radius 2 is 2.25 bits per heavy atom. The first-order valence-electron chi connectivity index (χ1n) is 6.31. The maximum atomic E-state index is 12.6. The van der Waals surface area contributed by atoms with Crippen LogP contribution in [-0.2, 0) is 6.54 Å². The number of amides is 1. The molecular formula is C14H18N4O2. The number of nitrogens with two attached hydrogens (primary N) is 1. The smallest absolute Gasteiger partial charge is 0.278 e. The van der Waals surface area contributed by atoms with Gasteiger partial charge in [-0.05, 0) is 19.1 Å². The fourth-order valence-corrected chi connectivity index (χ4v) is 1.97. The Kier molecular flexibility index (Phi) is 3.93. The van der Waals surface area contributed by atoms with E-state index in [0.717, 1.165) is 5.69 Å². The molecule has 0 saturated carbocycles. The summed E-state index contributed by atoms with van der Waals surface area (Å²) < 4.78 is 6.76. The SMILES string of the molecule is CCn1ncc(N)c1C(=O)N(C)c1cccc(OC)c1. The van der Waals surface area contributed by atoms with E-state index in [-0.39, 0.29) is 5.91 Å². The molecule has 0 saturated heterocycles. The highest BCUT2D eigenvalue weighted by Gasteiger charge is 2.21. The second kappa shape index (κ2) is 5.64. The molecule has 0 bridgehead atoms. The van der Waals surface area contributed by atoms with Gasteiger partial charge in [0, 0.05) is 25.3 Å². The first-order valence-corrected chi connectivity index (χ1v) is 6.31. The number of methoxy groups -OCH3 is 1. The molecule has 0 unspecified atom stereocenters. The van der Waals surface area contributed by atoms with Crippen molar-refractivity contribution in [3.05, 3.63) is 36.2 Å². The minimum absolute atomic E-state index is 0.199. The van der Waals surface area contributed by atoms with Crippen molar-refractivity contribution in [2.24, 2.45) is 0 Å². The van der Waals surface area contributed by atoms with Gasteiger partial charge in [-0.3, -0.25) is 9.48 Å². The molecule has 6 heteroatoms. The van der Waals surface area contributed by atoms with Gasteiger partial charge < -0.3 is 15.4 Å². The Labute approximate surface area is 117 Å². The van der Waals surface area contributed by atoms with Crippen LogP contribution in [0.15, 0.2) is 30.5 Å². The Balaban J connectivity index is 2.34. The highest BCUT2D eigenvalue weighted by molar-refractivity contribution is 6.07. The van der Waals surface area contributed by atoms with Gasteiger partial charge in [0.1, 0.15) is 11.4 Å². The summed E-state index contributed by atoms with van der Waals surface area (Å²) in [6, 6.07) is 7.29. The molecule has 20 heavy (non-hydrogen) atoms. The number of anilines is 2. The first kappa shape index (κ1) is 13.9. The van der Waals surface area contributed by atoms with Crippen molar-refractivity contribution in [3.63, 3.8) is 0 Å². The van der Waals surface area contributed by atoms with Gasteiger partial charge >= 0.3 is 0 Å². The number of carbonyl (C=O) groups excluding carboxylic acids is 1. The lowest BCUT2D eigenvalue weighted by Crippen LogP contribution is -2.29. The van der Waals surface area contributed by atoms with E-state index in [4.69, 9.17) is 10.5 Å². The second-order valence-corrected chi connectivity index (χ2v) is 4.33. The fourth-order valence-electron chi connectivity index (χ4n) is 1.97. The van der Waals surface area contributed by atoms with Gasteiger partial charge in [0.25, 0.3) is 5.91 Å². The maximum absolute atomic E-state index is 12.6. The zero-order valence-electron chi connectivity index (χ0n) is 11.8. The summed E-state index contributed by atoms with van der Waals surface area (Å²) in [5, 5.41) is 4.08. The second-order valence-electron chi connectivity index (χ2n) is 4.33. The van der Waals surface area contributed by atoms with Crippen LogP contribution in [0, 0.1) is 0 Å². The van der Waals surface area contributed by atoms with E-state index in [1.54, 1.807) is 24.9 Å². The van der Waals surface area contributed by atoms with Crippen LogP contribution >= 0.6 is 0 Å². The standard InChI is InChI=1S/C14H18N4O2/c1-4-18-13(12(15)9-16-18)14(19)17(2)10-6-5-7-11(8-10)20-3/h5-9H,4,15H2,1-3H3. The van der Waals surface area contributed by atoms with E-state index in [2.05, 4.69) is 5.10 Å². The van der Waals surface area contributed by atoms with E-state index in [1.807, 2.05) is 25.1 Å². The molecule has 0 radical (unpaired) electrons. The van der Waals surface area contributed by atoms with Gasteiger partial charge in [0.15, 0.2) is 0 Å². The molecule has 1 amide bonds. The predicted octanol–water partition coefficient (Wildman–Crippen LogP) is 1.77. The lowest BCUT2D eigenvalue weighted by atomic mass is 10.2. The number of carbonyl (C=O) groups is 1. The van der Waals surface area contributed by atoms with Gasteiger partial charge in [-0.15, -0.1) is 0 Å². The minimum atomic E-state index is -0.199. The van der Waals surface area contributed by atoms with Crippen LogP contribution < -0.4 is 15.4 Å². The summed E-state index contributed by atoms with van der Waals surface area (Å²) >= 11 is 0. The molecule has 2 rings (SSSR count). The zero-order valence-corrected chi connectivity index (χ0v) is 11.8. The molecule has 1 aromatic carbocycles. The van der Waals surface area contributed by atoms with Crippen LogP contribution in [0.5, 0.6) is 5.75 Å². The minimum Gasteiger partial charge on any atom is -0.497 e. The topological polar surface area (TPSA) is 73.4 Å². The normalized spacial score (nSPS) is 10.3. The van der Waals surface area contributed by atoms with Crippen LogP contribution in [0.25, 0.3) is 0 Å². The van der Waals surface area contributed by atoms with E-state index >= 15 is 0 Å². The molecule has 0 aliphatic rings. The average Bonchev–Trinajstić information content (AvgIpc) is 2.86. The third-order valence-corrected chi connectivity index (χ3v) is 3.12. The van der Waals surface area contributed by atoms with Crippen LogP contribution in [0.4, 0.5) is 11.4 Å². The number of nitrogens with zero attached hydrogens (tertiary/aromatic N) is 3. The van der Waals surface area contributed by atoms with Gasteiger partial charge in [-0.25, -0.2) is 0 Å². The van der Waals surface area contributed by atoms with Crippen LogP contribution in [0.1, 0.15) is 17.4 Å². The van der Waals surface area contributed by atoms with Crippen molar-refractivity contribution in [3.8, 4) is 5.75 Å². The highest BCUT2D eigenvalue weighted by Crippen LogP contribution is 2.22. The monoisotopic (exact) mass is 274 g/mol. The maximum Gasteiger partial charge on any atom is 0.278 e. The average molecular weight is 274 g/mol. The summed E-state index contributed by atoms with van der Waals surface area (Å²) in [6.45, 7) is 2.50. The molecule has 1 aromatic heterocycles. The third-order valence-electron chi connectivity index (χ3n) is 3.12. The lowest BCUT2D eigenvalue weighted by Gasteiger charge is -2.18. The van der Waals surface area contributed by atoms with Crippen molar-refractivity contribution in [2.75, 3.05) is 24.8 Å². The highest BCUT2D eigenvalue weighted by atomic mass is 16.5. The van der Waals surface area contributed by atoms with Gasteiger partial charge in [-0.1, -0.05) is 6.07 Å². The molecule has 2 aromatic rings. The van der Waals surface area contributed by atoms with Gasteiger partial charge in [-0.2, -0.15) is 5.10 Å². The Bertz CT molecular complexity index is 621. The summed E-state index contributed by atoms with van der Waals surface area (Å²) in [4.78, 5) is 14.1. The predicted molar refractivity (Wildman–Crippen MR) is 78.0 cm³/mol. The Morgan fingerprint density at radius 3 is 2.90 bits per heavy atom. The number of nitrogen functional groups attached to an aromatic ring is 1. The molecule has 1 heterocycles. The van der Waals surface area contributed by atoms with E-state index < -0.39 is 0 Å². The van der Waals surface area contributed by atoms with Gasteiger partial charge in [0.05, 0.1) is 19.0 Å². The zero-order chi connectivity index (χ0) is 14.7. The number of ether oxygens (including phenoxy) is 1. The molecule has 6 nitrogen and oxygen atoms in total. The van der Waals surface area contributed by atoms with E-state index in [1.165, 1.54) is 11.1 Å². The number of aryl methyl sites for hydroxylation is 1. The van der Waals surface area contributed by atoms with E-state index in [0.29, 0.717) is 23.7 Å². The summed E-state index contributed by atoms with van der Waals surface area (Å²) in [6.07, 6.45) is 1.50. The molecule has 0 fully saturated rings. The molecule has 106 valence electrons. The molecular weight excluding hydrogens is 256 g/mol. The van der Waals surface area contributed by atoms with Crippen molar-refractivity contribution >= 4 is 17.3 Å². The van der Waals surface area contributed by atoms with Crippen molar-refractivity contribution < 1.29 is 9.53 Å². The van der Waals surface area contributed by atoms with Crippen molar-refractivity contribution in [1.82, 2.24) is 9.78 Å². The molecule has 0 aliphatic carbocycles. The lowest BCUT2D eigenvalue weighted by molar-refractivity contribution is 0.0983. The van der Waals surface area contributed by atoms with Crippen molar-refractivity contribution in [1.29, 1.82) is 0 Å². The molecule has 2 N–H and O–H groups in total. The molecule has 0 atom stereocenters. The number of hydrogen-bond donors (Lipinski definition) is 1. The van der Waals surface area contributed by atoms with Crippen molar-refractivity contribution in [2.45, 2.75) is 13.5 Å². The largest absolute Gasteiger partial charge is 0.497 e. The quantitative estimate of drug-likeness (QED) is 0.922. The number of aromatic nitrogens is 2. The van der Waals surface area contributed by atoms with E-state index in [9.17, 15) is 4.79 Å². The number of benzene rings is 1. The van der Waals surface area contributed by atoms with Crippen LogP contribution in [0.2, 0.25) is 0 Å². The third kappa shape index (κ3) is 2.45. The van der Waals surface area contributed by atoms with Gasteiger partial charge in [0.2, 0.25) is 0 Å². The Hall–Kier alpha value is -2.50. The Morgan fingerprint density at radius 1 is 1.50 bits per heavy atom. The first-order chi connectivity index (χ1) is 9.58. The number of hydrogen-bond acceptors (Lipinski definition) is 4. The fraction of sp³-hybridized carbons (Fsp3) is 0.286. The van der Waals surface area contributed by atoms with Crippen LogP contribution in [0.3, 0.4) is 0 Å². The van der Waals surface area contributed by atoms with Crippen LogP contribution in [-0.4, -0.2) is 29.8 Å². The summed E-state index contributed by atoms with van der Waals surface area (Å²) in [5.41, 5.74) is 7.35.